The Kier molecular flexibility index (Phi) is 3.92. The molecule has 2 aliphatic heterocycles. The zero-order valence-corrected chi connectivity index (χ0v) is 14.0. The van der Waals surface area contributed by atoms with Crippen LogP contribution in [0.1, 0.15) is 52.9 Å². The third-order valence-electron chi connectivity index (χ3n) is 5.99. The van der Waals surface area contributed by atoms with Crippen molar-refractivity contribution in [1.29, 1.82) is 0 Å². The topological polar surface area (TPSA) is 75.8 Å². The first-order chi connectivity index (χ1) is 10.3. The fourth-order valence-electron chi connectivity index (χ4n) is 4.91. The maximum absolute atomic E-state index is 12.4. The van der Waals surface area contributed by atoms with Crippen LogP contribution in [0.2, 0.25) is 0 Å². The summed E-state index contributed by atoms with van der Waals surface area (Å²) in [5.74, 6) is 1.06. The fraction of sp³-hybridized carbons (Fsp3) is 0.941. The van der Waals surface area contributed by atoms with Gasteiger partial charge < -0.3 is 20.5 Å². The van der Waals surface area contributed by atoms with Crippen molar-refractivity contribution in [1.82, 2.24) is 4.90 Å². The zero-order valence-electron chi connectivity index (χ0n) is 14.0. The molecular formula is C17H30N2O3. The molecule has 3 atom stereocenters. The second kappa shape index (κ2) is 5.38. The predicted octanol–water partition coefficient (Wildman–Crippen LogP) is 2.12. The number of carbonyl (C=O) groups is 1. The summed E-state index contributed by atoms with van der Waals surface area (Å²) in [4.78, 5) is 14.3. The van der Waals surface area contributed by atoms with E-state index in [4.69, 9.17) is 10.5 Å². The number of aliphatic hydroxyl groups is 1. The predicted molar refractivity (Wildman–Crippen MR) is 84.3 cm³/mol. The first kappa shape index (κ1) is 16.1. The van der Waals surface area contributed by atoms with E-state index in [9.17, 15) is 9.90 Å². The number of nitrogens with two attached hydrogens (primary N) is 1. The Morgan fingerprint density at radius 2 is 2.00 bits per heavy atom. The molecule has 4 aliphatic rings. The lowest BCUT2D eigenvalue weighted by atomic mass is 9.54. The van der Waals surface area contributed by atoms with Gasteiger partial charge in [-0.15, -0.1) is 0 Å². The lowest BCUT2D eigenvalue weighted by Crippen LogP contribution is -2.55. The van der Waals surface area contributed by atoms with Gasteiger partial charge in [0.05, 0.1) is 6.10 Å². The lowest BCUT2D eigenvalue weighted by molar-refractivity contribution is -0.0387. The summed E-state index contributed by atoms with van der Waals surface area (Å²) in [5.41, 5.74) is 5.82. The lowest BCUT2D eigenvalue weighted by Gasteiger charge is -2.52. The Morgan fingerprint density at radius 3 is 2.55 bits per heavy atom. The molecule has 5 heteroatoms. The van der Waals surface area contributed by atoms with Gasteiger partial charge in [0, 0.05) is 12.6 Å². The molecule has 2 saturated heterocycles. The van der Waals surface area contributed by atoms with Crippen LogP contribution in [0.25, 0.3) is 0 Å². The monoisotopic (exact) mass is 310 g/mol. The maximum Gasteiger partial charge on any atom is 0.410 e. The van der Waals surface area contributed by atoms with E-state index in [-0.39, 0.29) is 17.6 Å². The minimum atomic E-state index is -0.444. The van der Waals surface area contributed by atoms with Crippen molar-refractivity contribution in [3.05, 3.63) is 0 Å². The number of carbonyl (C=O) groups excluding carboxylic acids is 1. The van der Waals surface area contributed by atoms with Crippen molar-refractivity contribution >= 4 is 6.09 Å². The quantitative estimate of drug-likeness (QED) is 0.819. The molecule has 3 N–H and O–H groups in total. The standard InChI is InChI=1S/C17H30N2O3/c1-16(2,3)22-15(21)19-9-11-8-13(19)14(11)17(10-18)6-4-12(20)5-7-17/h11-14,20H,4-10,18H2,1-3H3/t11-,12?,13-,14?,17?/m0/s1. The highest BCUT2D eigenvalue weighted by atomic mass is 16.6. The molecule has 1 amide bonds. The molecule has 0 aromatic heterocycles. The molecule has 0 aromatic rings. The Hall–Kier alpha value is -0.810. The molecular weight excluding hydrogens is 280 g/mol. The molecule has 4 fully saturated rings. The van der Waals surface area contributed by atoms with E-state index >= 15 is 0 Å². The van der Waals surface area contributed by atoms with E-state index < -0.39 is 5.60 Å². The summed E-state index contributed by atoms with van der Waals surface area (Å²) in [6.07, 6.45) is 4.42. The third-order valence-corrected chi connectivity index (χ3v) is 5.99. The van der Waals surface area contributed by atoms with Crippen molar-refractivity contribution in [2.75, 3.05) is 13.1 Å². The largest absolute Gasteiger partial charge is 0.444 e. The Balaban J connectivity index is 1.70. The average Bonchev–Trinajstić information content (AvgIpc) is 2.99. The summed E-state index contributed by atoms with van der Waals surface area (Å²) in [7, 11) is 0. The smallest absolute Gasteiger partial charge is 0.410 e. The van der Waals surface area contributed by atoms with Crippen LogP contribution in [-0.4, -0.2) is 46.9 Å². The molecule has 0 spiro atoms. The highest BCUT2D eigenvalue weighted by Gasteiger charge is 2.61. The molecule has 2 bridgehead atoms. The van der Waals surface area contributed by atoms with Gasteiger partial charge in [-0.1, -0.05) is 0 Å². The van der Waals surface area contributed by atoms with Crippen LogP contribution in [0.15, 0.2) is 0 Å². The number of nitrogens with zero attached hydrogens (tertiary/aromatic N) is 1. The molecule has 5 nitrogen and oxygen atoms in total. The molecule has 4 rings (SSSR count). The minimum Gasteiger partial charge on any atom is -0.444 e. The van der Waals surface area contributed by atoms with Gasteiger partial charge in [-0.2, -0.15) is 0 Å². The fourth-order valence-corrected chi connectivity index (χ4v) is 4.91. The summed E-state index contributed by atoms with van der Waals surface area (Å²) in [6, 6.07) is 0.290. The molecule has 22 heavy (non-hydrogen) atoms. The zero-order chi connectivity index (χ0) is 16.1. The van der Waals surface area contributed by atoms with Crippen LogP contribution < -0.4 is 5.73 Å². The van der Waals surface area contributed by atoms with Gasteiger partial charge in [0.25, 0.3) is 0 Å². The first-order valence-electron chi connectivity index (χ1n) is 8.63. The molecule has 1 unspecified atom stereocenters. The first-order valence-corrected chi connectivity index (χ1v) is 8.63. The summed E-state index contributed by atoms with van der Waals surface area (Å²) >= 11 is 0. The highest BCUT2D eigenvalue weighted by molar-refractivity contribution is 5.70. The van der Waals surface area contributed by atoms with Crippen LogP contribution in [-0.2, 0) is 4.74 Å². The van der Waals surface area contributed by atoms with E-state index in [1.54, 1.807) is 0 Å². The normalized spacial score (nSPS) is 41.2. The number of amides is 1. The molecule has 0 radical (unpaired) electrons. The Bertz CT molecular complexity index is 438. The number of aliphatic hydroxyl groups excluding tert-OH is 1. The van der Waals surface area contributed by atoms with Crippen molar-refractivity contribution < 1.29 is 14.6 Å². The van der Waals surface area contributed by atoms with Gasteiger partial charge in [-0.05, 0) is 76.7 Å². The van der Waals surface area contributed by atoms with Gasteiger partial charge >= 0.3 is 6.09 Å². The summed E-state index contributed by atoms with van der Waals surface area (Å²) in [6.45, 7) is 7.21. The second-order valence-electron chi connectivity index (χ2n) is 8.52. The van der Waals surface area contributed by atoms with Gasteiger partial charge in [0.1, 0.15) is 5.60 Å². The molecule has 126 valence electrons. The van der Waals surface area contributed by atoms with Crippen LogP contribution in [0, 0.1) is 17.3 Å². The summed E-state index contributed by atoms with van der Waals surface area (Å²) in [5, 5.41) is 9.80. The van der Waals surface area contributed by atoms with E-state index in [1.807, 2.05) is 25.7 Å². The number of hydrogen-bond acceptors (Lipinski definition) is 4. The van der Waals surface area contributed by atoms with E-state index in [2.05, 4.69) is 0 Å². The van der Waals surface area contributed by atoms with Gasteiger partial charge in [-0.25, -0.2) is 4.79 Å². The third kappa shape index (κ3) is 2.62. The van der Waals surface area contributed by atoms with Crippen molar-refractivity contribution in [2.24, 2.45) is 23.0 Å². The van der Waals surface area contributed by atoms with Crippen molar-refractivity contribution in [2.45, 2.75) is 70.6 Å². The van der Waals surface area contributed by atoms with Crippen molar-refractivity contribution in [3.63, 3.8) is 0 Å². The molecule has 2 aliphatic carbocycles. The van der Waals surface area contributed by atoms with Gasteiger partial charge in [0.2, 0.25) is 0 Å². The SMILES string of the molecule is CC(C)(C)OC(=O)N1C[C@@H]2C[C@H]1C2C1(CN)CCC(O)CC1. The average molecular weight is 310 g/mol. The molecule has 2 heterocycles. The Labute approximate surface area is 133 Å². The Morgan fingerprint density at radius 1 is 1.36 bits per heavy atom. The van der Waals surface area contributed by atoms with Crippen LogP contribution >= 0.6 is 0 Å². The van der Waals surface area contributed by atoms with Crippen molar-refractivity contribution in [3.8, 4) is 0 Å². The van der Waals surface area contributed by atoms with Crippen LogP contribution in [0.5, 0.6) is 0 Å². The molecule has 2 saturated carbocycles. The van der Waals surface area contributed by atoms with Gasteiger partial charge in [-0.3, -0.25) is 0 Å². The number of fused-ring (bicyclic) bond motifs is 1. The van der Waals surface area contributed by atoms with E-state index in [0.29, 0.717) is 24.4 Å². The minimum absolute atomic E-state index is 0.115. The molecule has 0 aromatic carbocycles. The van der Waals surface area contributed by atoms with Crippen LogP contribution in [0.3, 0.4) is 0 Å². The maximum atomic E-state index is 12.4. The second-order valence-corrected chi connectivity index (χ2v) is 8.52. The highest BCUT2D eigenvalue weighted by Crippen LogP contribution is 2.58. The summed E-state index contributed by atoms with van der Waals surface area (Å²) < 4.78 is 5.55. The number of ether oxygens (including phenoxy) is 1. The van der Waals surface area contributed by atoms with E-state index in [0.717, 1.165) is 38.6 Å². The van der Waals surface area contributed by atoms with E-state index in [1.165, 1.54) is 0 Å². The van der Waals surface area contributed by atoms with Crippen LogP contribution in [0.4, 0.5) is 4.79 Å². The van der Waals surface area contributed by atoms with Gasteiger partial charge in [0.15, 0.2) is 0 Å². The number of rotatable bonds is 2. The number of hydrogen-bond donors (Lipinski definition) is 2.